The van der Waals surface area contributed by atoms with Gasteiger partial charge < -0.3 is 15.3 Å². The minimum Gasteiger partial charge on any atom is -0.477 e. The lowest BCUT2D eigenvalue weighted by atomic mass is 9.82. The Kier molecular flexibility index (Phi) is 7.59. The molecule has 2 N–H and O–H groups in total. The maximum atomic E-state index is 13.5. The zero-order valence-electron chi connectivity index (χ0n) is 21.0. The Balaban J connectivity index is 1.59. The van der Waals surface area contributed by atoms with Gasteiger partial charge in [0.05, 0.1) is 5.69 Å². The second-order valence-corrected chi connectivity index (χ2v) is 10.8. The van der Waals surface area contributed by atoms with Gasteiger partial charge in [0.1, 0.15) is 10.6 Å². The molecule has 1 aliphatic carbocycles. The Hall–Kier alpha value is -3.46. The van der Waals surface area contributed by atoms with Crippen molar-refractivity contribution in [3.8, 4) is 10.4 Å². The number of rotatable bonds is 7. The van der Waals surface area contributed by atoms with E-state index in [-0.39, 0.29) is 28.7 Å². The highest BCUT2D eigenvalue weighted by molar-refractivity contribution is 7.18. The molecule has 1 aliphatic rings. The van der Waals surface area contributed by atoms with Crippen LogP contribution in [-0.4, -0.2) is 38.7 Å². The minimum absolute atomic E-state index is 0.0111. The molecule has 0 atom stereocenters. The molecule has 2 aromatic heterocycles. The first kappa shape index (κ1) is 25.6. The number of aryl methyl sites for hydroxylation is 1. The smallest absolute Gasteiger partial charge is 0.348 e. The lowest BCUT2D eigenvalue weighted by molar-refractivity contribution is -0.123. The van der Waals surface area contributed by atoms with Crippen molar-refractivity contribution >= 4 is 40.5 Å². The van der Waals surface area contributed by atoms with E-state index >= 15 is 0 Å². The van der Waals surface area contributed by atoms with Crippen LogP contribution in [0.25, 0.3) is 10.4 Å². The number of thiophene rings is 1. The number of carbonyl (C=O) groups is 3. The number of carboxylic acid groups (broad SMARTS) is 1. The maximum Gasteiger partial charge on any atom is 0.348 e. The Labute approximate surface area is 214 Å². The monoisotopic (exact) mass is 508 g/mol. The number of carbonyl (C=O) groups excluding carboxylic acids is 2. The summed E-state index contributed by atoms with van der Waals surface area (Å²) in [7, 11) is 1.70. The van der Waals surface area contributed by atoms with Crippen molar-refractivity contribution in [1.29, 1.82) is 0 Å². The predicted molar refractivity (Wildman–Crippen MR) is 142 cm³/mol. The average Bonchev–Trinajstić information content (AvgIpc) is 3.47. The highest BCUT2D eigenvalue weighted by Gasteiger charge is 2.33. The van der Waals surface area contributed by atoms with E-state index in [2.05, 4.69) is 17.3 Å². The maximum absolute atomic E-state index is 13.5. The van der Waals surface area contributed by atoms with Gasteiger partial charge in [0.15, 0.2) is 0 Å². The van der Waals surface area contributed by atoms with Gasteiger partial charge in [-0.15, -0.1) is 11.3 Å². The van der Waals surface area contributed by atoms with Crippen molar-refractivity contribution in [2.75, 3.05) is 10.2 Å². The summed E-state index contributed by atoms with van der Waals surface area (Å²) in [5.41, 5.74) is 2.33. The van der Waals surface area contributed by atoms with E-state index in [9.17, 15) is 19.5 Å². The number of nitrogens with one attached hydrogen (secondary N) is 1. The summed E-state index contributed by atoms with van der Waals surface area (Å²) in [6.45, 7) is 6.06. The summed E-state index contributed by atoms with van der Waals surface area (Å²) in [6.07, 6.45) is 5.29. The van der Waals surface area contributed by atoms with E-state index in [4.69, 9.17) is 0 Å². The van der Waals surface area contributed by atoms with E-state index in [1.165, 1.54) is 4.68 Å². The van der Waals surface area contributed by atoms with Crippen molar-refractivity contribution in [3.05, 3.63) is 53.2 Å². The van der Waals surface area contributed by atoms with Gasteiger partial charge in [-0.2, -0.15) is 5.10 Å². The summed E-state index contributed by atoms with van der Waals surface area (Å²) < 4.78 is 1.50. The van der Waals surface area contributed by atoms with Gasteiger partial charge >= 0.3 is 5.97 Å². The first-order valence-electron chi connectivity index (χ1n) is 12.3. The molecule has 1 fully saturated rings. The number of anilines is 2. The summed E-state index contributed by atoms with van der Waals surface area (Å²) in [6, 6.07) is 10.5. The second kappa shape index (κ2) is 10.7. The van der Waals surface area contributed by atoms with Crippen LogP contribution < -0.4 is 10.2 Å². The molecule has 4 rings (SSSR count). The fraction of sp³-hybridized carbons (Fsp3) is 0.407. The molecule has 2 amide bonds. The number of nitrogens with zero attached hydrogens (tertiary/aromatic N) is 3. The fourth-order valence-electron chi connectivity index (χ4n) is 4.72. The van der Waals surface area contributed by atoms with Gasteiger partial charge in [0.25, 0.3) is 5.91 Å². The standard InChI is InChI=1S/C27H32N4O4S/c1-16(2)31(26(33)19-7-5-17(3)6-8-19)22-15-23(36-24(22)27(34)35)18-9-11-20(12-10-18)29-25(32)21-13-14-28-30(21)4/h9-17,19H,5-8H2,1-4H3,(H,29,32)(H,34,35)/t17-,19-. The number of aromatic carboxylic acids is 1. The van der Waals surface area contributed by atoms with Gasteiger partial charge in [-0.1, -0.05) is 19.1 Å². The van der Waals surface area contributed by atoms with E-state index in [0.29, 0.717) is 23.0 Å². The lowest BCUT2D eigenvalue weighted by Crippen LogP contribution is -2.42. The molecular weight excluding hydrogens is 476 g/mol. The molecule has 190 valence electrons. The number of hydrogen-bond acceptors (Lipinski definition) is 5. The molecule has 1 saturated carbocycles. The van der Waals surface area contributed by atoms with Crippen LogP contribution in [0.5, 0.6) is 0 Å². The van der Waals surface area contributed by atoms with Crippen molar-refractivity contribution in [2.24, 2.45) is 18.9 Å². The summed E-state index contributed by atoms with van der Waals surface area (Å²) >= 11 is 1.16. The largest absolute Gasteiger partial charge is 0.477 e. The first-order valence-corrected chi connectivity index (χ1v) is 13.1. The van der Waals surface area contributed by atoms with Gasteiger partial charge in [0.2, 0.25) is 5.91 Å². The number of amides is 2. The third-order valence-electron chi connectivity index (χ3n) is 6.77. The van der Waals surface area contributed by atoms with E-state index in [1.807, 2.05) is 26.0 Å². The first-order chi connectivity index (χ1) is 17.2. The van der Waals surface area contributed by atoms with Gasteiger partial charge in [-0.3, -0.25) is 14.3 Å². The van der Waals surface area contributed by atoms with Crippen LogP contribution >= 0.6 is 11.3 Å². The van der Waals surface area contributed by atoms with Crippen LogP contribution in [0.2, 0.25) is 0 Å². The third-order valence-corrected chi connectivity index (χ3v) is 7.93. The van der Waals surface area contributed by atoms with Gasteiger partial charge in [0, 0.05) is 35.8 Å². The zero-order valence-corrected chi connectivity index (χ0v) is 21.8. The highest BCUT2D eigenvalue weighted by Crippen LogP contribution is 2.40. The molecule has 2 heterocycles. The van der Waals surface area contributed by atoms with E-state index < -0.39 is 5.97 Å². The molecule has 9 heteroatoms. The van der Waals surface area contributed by atoms with Crippen LogP contribution in [0.3, 0.4) is 0 Å². The van der Waals surface area contributed by atoms with Crippen molar-refractivity contribution in [1.82, 2.24) is 9.78 Å². The van der Waals surface area contributed by atoms with Crippen LogP contribution in [0.1, 0.15) is 66.6 Å². The quantitative estimate of drug-likeness (QED) is 0.428. The van der Waals surface area contributed by atoms with E-state index in [1.54, 1.807) is 42.4 Å². The lowest BCUT2D eigenvalue weighted by Gasteiger charge is -2.33. The summed E-state index contributed by atoms with van der Waals surface area (Å²) in [5.74, 6) is -0.747. The second-order valence-electron chi connectivity index (χ2n) is 9.76. The Morgan fingerprint density at radius 3 is 2.33 bits per heavy atom. The third kappa shape index (κ3) is 5.36. The normalized spacial score (nSPS) is 17.7. The van der Waals surface area contributed by atoms with Crippen molar-refractivity contribution in [2.45, 2.75) is 52.5 Å². The fourth-order valence-corrected chi connectivity index (χ4v) is 5.71. The number of aromatic nitrogens is 2. The van der Waals surface area contributed by atoms with Crippen LogP contribution in [0.15, 0.2) is 42.6 Å². The molecular formula is C27H32N4O4S. The Bertz CT molecular complexity index is 1250. The molecule has 8 nitrogen and oxygen atoms in total. The molecule has 0 unspecified atom stereocenters. The Morgan fingerprint density at radius 2 is 1.78 bits per heavy atom. The van der Waals surface area contributed by atoms with Crippen LogP contribution in [-0.2, 0) is 11.8 Å². The van der Waals surface area contributed by atoms with Crippen molar-refractivity contribution < 1.29 is 19.5 Å². The summed E-state index contributed by atoms with van der Waals surface area (Å²) in [5, 5.41) is 16.8. The number of carboxylic acids is 1. The molecule has 0 spiro atoms. The van der Waals surface area contributed by atoms with E-state index in [0.717, 1.165) is 47.5 Å². The molecule has 3 aromatic rings. The molecule has 0 bridgehead atoms. The topological polar surface area (TPSA) is 105 Å². The number of benzene rings is 1. The molecule has 0 aliphatic heterocycles. The highest BCUT2D eigenvalue weighted by atomic mass is 32.1. The molecule has 1 aromatic carbocycles. The number of hydrogen-bond donors (Lipinski definition) is 2. The molecule has 0 radical (unpaired) electrons. The average molecular weight is 509 g/mol. The van der Waals surface area contributed by atoms with Gasteiger partial charge in [-0.25, -0.2) is 4.79 Å². The molecule has 0 saturated heterocycles. The van der Waals surface area contributed by atoms with Gasteiger partial charge in [-0.05, 0) is 75.3 Å². The zero-order chi connectivity index (χ0) is 26.0. The van der Waals surface area contributed by atoms with Crippen LogP contribution in [0, 0.1) is 11.8 Å². The minimum atomic E-state index is -1.04. The SMILES string of the molecule is CC(C)N(c1cc(-c2ccc(NC(=O)c3ccnn3C)cc2)sc1C(=O)O)C(=O)[C@H]1CC[C@H](C)CC1. The van der Waals surface area contributed by atoms with Crippen LogP contribution in [0.4, 0.5) is 11.4 Å². The molecule has 36 heavy (non-hydrogen) atoms. The Morgan fingerprint density at radius 1 is 1.11 bits per heavy atom. The summed E-state index contributed by atoms with van der Waals surface area (Å²) in [4.78, 5) is 40.7. The predicted octanol–water partition coefficient (Wildman–Crippen LogP) is 5.67. The van der Waals surface area contributed by atoms with Crippen molar-refractivity contribution in [3.63, 3.8) is 0 Å².